The van der Waals surface area contributed by atoms with Gasteiger partial charge in [-0.25, -0.2) is 4.98 Å². The van der Waals surface area contributed by atoms with E-state index in [1.807, 2.05) is 12.3 Å². The third-order valence-corrected chi connectivity index (χ3v) is 7.24. The summed E-state index contributed by atoms with van der Waals surface area (Å²) in [6.45, 7) is 4.12. The molecule has 2 aliphatic rings. The SMILES string of the molecule is Cc1nc(Cc2nnc(SCC(=O)NC(C)C3CC4CCC3C4)o2)cs1. The number of amides is 1. The molecule has 0 aliphatic heterocycles. The number of thioether (sulfide) groups is 1. The second-order valence-electron chi connectivity index (χ2n) is 7.48. The number of hydrogen-bond donors (Lipinski definition) is 1. The van der Waals surface area contributed by atoms with Gasteiger partial charge in [0.15, 0.2) is 0 Å². The number of nitrogens with one attached hydrogen (secondary N) is 1. The molecule has 2 bridgehead atoms. The van der Waals surface area contributed by atoms with E-state index in [9.17, 15) is 4.79 Å². The fourth-order valence-electron chi connectivity index (χ4n) is 4.45. The summed E-state index contributed by atoms with van der Waals surface area (Å²) in [6.07, 6.45) is 5.90. The predicted octanol–water partition coefficient (Wildman–Crippen LogP) is 3.46. The Morgan fingerprint density at radius 1 is 1.42 bits per heavy atom. The highest BCUT2D eigenvalue weighted by atomic mass is 32.2. The van der Waals surface area contributed by atoms with E-state index in [0.717, 1.165) is 22.5 Å². The molecule has 2 aliphatic carbocycles. The molecule has 2 aromatic rings. The molecule has 1 N–H and O–H groups in total. The first-order valence-corrected chi connectivity index (χ1v) is 11.1. The number of nitrogens with zero attached hydrogens (tertiary/aromatic N) is 3. The largest absolute Gasteiger partial charge is 0.416 e. The van der Waals surface area contributed by atoms with E-state index in [-0.39, 0.29) is 11.9 Å². The predicted molar refractivity (Wildman–Crippen MR) is 101 cm³/mol. The van der Waals surface area contributed by atoms with Crippen molar-refractivity contribution in [3.8, 4) is 0 Å². The van der Waals surface area contributed by atoms with Crippen LogP contribution in [0.4, 0.5) is 0 Å². The molecule has 4 rings (SSSR count). The van der Waals surface area contributed by atoms with Crippen LogP contribution in [0, 0.1) is 24.7 Å². The van der Waals surface area contributed by atoms with Gasteiger partial charge >= 0.3 is 0 Å². The van der Waals surface area contributed by atoms with E-state index in [1.54, 1.807) is 11.3 Å². The van der Waals surface area contributed by atoms with Crippen molar-refractivity contribution in [2.75, 3.05) is 5.75 Å². The zero-order valence-corrected chi connectivity index (χ0v) is 16.7. The van der Waals surface area contributed by atoms with E-state index >= 15 is 0 Å². The molecule has 4 unspecified atom stereocenters. The first kappa shape index (κ1) is 18.0. The van der Waals surface area contributed by atoms with Crippen LogP contribution in [0.5, 0.6) is 0 Å². The summed E-state index contributed by atoms with van der Waals surface area (Å²) in [4.78, 5) is 16.7. The van der Waals surface area contributed by atoms with Crippen molar-refractivity contribution in [3.05, 3.63) is 22.0 Å². The van der Waals surface area contributed by atoms with Gasteiger partial charge in [0.25, 0.3) is 5.22 Å². The van der Waals surface area contributed by atoms with Crippen molar-refractivity contribution in [2.45, 2.75) is 57.2 Å². The molecule has 0 aromatic carbocycles. The van der Waals surface area contributed by atoms with Crippen LogP contribution in [0.1, 0.15) is 49.2 Å². The van der Waals surface area contributed by atoms with Crippen molar-refractivity contribution >= 4 is 29.0 Å². The number of aromatic nitrogens is 3. The molecule has 2 aromatic heterocycles. The average Bonchev–Trinajstić information content (AvgIpc) is 3.38. The second-order valence-corrected chi connectivity index (χ2v) is 9.47. The first-order valence-electron chi connectivity index (χ1n) is 9.22. The van der Waals surface area contributed by atoms with Crippen LogP contribution in [0.15, 0.2) is 15.0 Å². The highest BCUT2D eigenvalue weighted by Crippen LogP contribution is 2.49. The number of fused-ring (bicyclic) bond motifs is 2. The maximum absolute atomic E-state index is 12.3. The zero-order chi connectivity index (χ0) is 18.1. The van der Waals surface area contributed by atoms with Crippen LogP contribution in [-0.4, -0.2) is 32.9 Å². The summed E-state index contributed by atoms with van der Waals surface area (Å²) in [5.41, 5.74) is 0.935. The lowest BCUT2D eigenvalue weighted by atomic mass is 9.84. The molecule has 4 atom stereocenters. The quantitative estimate of drug-likeness (QED) is 0.727. The van der Waals surface area contributed by atoms with Crippen LogP contribution in [0.2, 0.25) is 0 Å². The lowest BCUT2D eigenvalue weighted by molar-refractivity contribution is -0.119. The van der Waals surface area contributed by atoms with Crippen LogP contribution in [-0.2, 0) is 11.2 Å². The van der Waals surface area contributed by atoms with Crippen LogP contribution in [0.3, 0.4) is 0 Å². The first-order chi connectivity index (χ1) is 12.6. The molecule has 140 valence electrons. The van der Waals surface area contributed by atoms with Gasteiger partial charge in [-0.05, 0) is 50.9 Å². The van der Waals surface area contributed by atoms with Gasteiger partial charge in [0, 0.05) is 11.4 Å². The number of hydrogen-bond acceptors (Lipinski definition) is 7. The smallest absolute Gasteiger partial charge is 0.277 e. The molecule has 2 saturated carbocycles. The summed E-state index contributed by atoms with van der Waals surface area (Å²) in [5, 5.41) is 14.7. The number of rotatable bonds is 7. The van der Waals surface area contributed by atoms with E-state index in [2.05, 4.69) is 27.4 Å². The summed E-state index contributed by atoms with van der Waals surface area (Å²) in [5.74, 6) is 3.25. The Hall–Kier alpha value is -1.41. The van der Waals surface area contributed by atoms with Gasteiger partial charge in [-0.1, -0.05) is 18.2 Å². The fraction of sp³-hybridized carbons (Fsp3) is 0.667. The van der Waals surface area contributed by atoms with Gasteiger partial charge in [0.05, 0.1) is 22.9 Å². The third kappa shape index (κ3) is 4.11. The highest BCUT2D eigenvalue weighted by Gasteiger charge is 2.42. The second kappa shape index (κ2) is 7.68. The fourth-order valence-corrected chi connectivity index (χ4v) is 5.65. The molecule has 2 heterocycles. The van der Waals surface area contributed by atoms with Gasteiger partial charge < -0.3 is 9.73 Å². The maximum atomic E-state index is 12.3. The Kier molecular flexibility index (Phi) is 5.31. The van der Waals surface area contributed by atoms with E-state index < -0.39 is 0 Å². The minimum atomic E-state index is 0.0418. The summed E-state index contributed by atoms with van der Waals surface area (Å²) >= 11 is 2.90. The number of carbonyl (C=O) groups is 1. The average molecular weight is 393 g/mol. The van der Waals surface area contributed by atoms with Crippen molar-refractivity contribution in [1.82, 2.24) is 20.5 Å². The molecule has 2 fully saturated rings. The number of carbonyl (C=O) groups excluding carboxylic acids is 1. The molecule has 26 heavy (non-hydrogen) atoms. The van der Waals surface area contributed by atoms with E-state index in [0.29, 0.717) is 29.2 Å². The minimum Gasteiger partial charge on any atom is -0.416 e. The zero-order valence-electron chi connectivity index (χ0n) is 15.1. The Balaban J connectivity index is 1.23. The highest BCUT2D eigenvalue weighted by molar-refractivity contribution is 7.99. The standard InChI is InChI=1S/C18H24N4O2S2/c1-10(15-6-12-3-4-13(15)5-12)19-16(23)9-26-18-22-21-17(24-18)7-14-8-25-11(2)20-14/h8,10,12-13,15H,3-7,9H2,1-2H3,(H,19,23). The normalized spacial score (nSPS) is 25.5. The van der Waals surface area contributed by atoms with Crippen molar-refractivity contribution in [3.63, 3.8) is 0 Å². The summed E-state index contributed by atoms with van der Waals surface area (Å²) in [6, 6.07) is 0.254. The maximum Gasteiger partial charge on any atom is 0.277 e. The third-order valence-electron chi connectivity index (χ3n) is 5.60. The molecule has 0 spiro atoms. The van der Waals surface area contributed by atoms with Crippen molar-refractivity contribution < 1.29 is 9.21 Å². The number of thiazole rings is 1. The van der Waals surface area contributed by atoms with Crippen molar-refractivity contribution in [1.29, 1.82) is 0 Å². The Morgan fingerprint density at radius 3 is 3.00 bits per heavy atom. The molecule has 0 saturated heterocycles. The van der Waals surface area contributed by atoms with Gasteiger partial charge in [0.1, 0.15) is 0 Å². The summed E-state index contributed by atoms with van der Waals surface area (Å²) < 4.78 is 5.62. The molecule has 1 amide bonds. The van der Waals surface area contributed by atoms with Crippen LogP contribution in [0.25, 0.3) is 0 Å². The van der Waals surface area contributed by atoms with Gasteiger partial charge in [-0.3, -0.25) is 4.79 Å². The minimum absolute atomic E-state index is 0.0418. The lowest BCUT2D eigenvalue weighted by Gasteiger charge is -2.28. The Labute approximate surface area is 161 Å². The molecule has 8 heteroatoms. The molecule has 6 nitrogen and oxygen atoms in total. The van der Waals surface area contributed by atoms with Crippen LogP contribution >= 0.6 is 23.1 Å². The Morgan fingerprint density at radius 2 is 2.31 bits per heavy atom. The topological polar surface area (TPSA) is 80.9 Å². The van der Waals surface area contributed by atoms with Crippen LogP contribution < -0.4 is 5.32 Å². The number of aryl methyl sites for hydroxylation is 1. The van der Waals surface area contributed by atoms with Gasteiger partial charge in [-0.15, -0.1) is 21.5 Å². The molecule has 0 radical (unpaired) electrons. The monoisotopic (exact) mass is 392 g/mol. The Bertz CT molecular complexity index is 775. The van der Waals surface area contributed by atoms with E-state index in [4.69, 9.17) is 4.42 Å². The summed E-state index contributed by atoms with van der Waals surface area (Å²) in [7, 11) is 0. The molecular formula is C18H24N4O2S2. The van der Waals surface area contributed by atoms with Crippen molar-refractivity contribution in [2.24, 2.45) is 17.8 Å². The van der Waals surface area contributed by atoms with Gasteiger partial charge in [-0.2, -0.15) is 0 Å². The van der Waals surface area contributed by atoms with E-state index in [1.165, 1.54) is 37.4 Å². The lowest BCUT2D eigenvalue weighted by Crippen LogP contribution is -2.40. The molecular weight excluding hydrogens is 368 g/mol. The van der Waals surface area contributed by atoms with Gasteiger partial charge in [0.2, 0.25) is 11.8 Å².